The summed E-state index contributed by atoms with van der Waals surface area (Å²) in [6.07, 6.45) is 4.33. The minimum atomic E-state index is -0.222. The highest BCUT2D eigenvalue weighted by Gasteiger charge is 2.03. The molecule has 0 aliphatic rings. The van der Waals surface area contributed by atoms with Gasteiger partial charge >= 0.3 is 0 Å². The molecule has 0 atom stereocenters. The number of anilines is 1. The van der Waals surface area contributed by atoms with Gasteiger partial charge in [0.25, 0.3) is 0 Å². The summed E-state index contributed by atoms with van der Waals surface area (Å²) >= 11 is 11.7. The number of hydrogen-bond donors (Lipinski definition) is 1. The topological polar surface area (TPSA) is 42.2 Å². The van der Waals surface area contributed by atoms with Gasteiger partial charge in [0.15, 0.2) is 5.76 Å². The third kappa shape index (κ3) is 3.39. The van der Waals surface area contributed by atoms with Crippen LogP contribution >= 0.6 is 23.2 Å². The first-order valence-electron chi connectivity index (χ1n) is 5.12. The molecule has 0 bridgehead atoms. The lowest BCUT2D eigenvalue weighted by atomic mass is 10.3. The van der Waals surface area contributed by atoms with E-state index in [2.05, 4.69) is 5.32 Å². The Morgan fingerprint density at radius 1 is 1.22 bits per heavy atom. The first-order valence-corrected chi connectivity index (χ1v) is 5.88. The number of carbonyl (C=O) groups is 1. The first kappa shape index (κ1) is 12.7. The van der Waals surface area contributed by atoms with Crippen LogP contribution in [0, 0.1) is 0 Å². The Kier molecular flexibility index (Phi) is 4.07. The SMILES string of the molecule is O=C(/C=C/Nc1cc(Cl)cc(Cl)c1)c1ccco1. The number of ketones is 1. The van der Waals surface area contributed by atoms with Crippen molar-refractivity contribution in [2.45, 2.75) is 0 Å². The summed E-state index contributed by atoms with van der Waals surface area (Å²) < 4.78 is 4.97. The smallest absolute Gasteiger partial charge is 0.222 e. The van der Waals surface area contributed by atoms with E-state index in [1.54, 1.807) is 30.3 Å². The van der Waals surface area contributed by atoms with Gasteiger partial charge in [-0.1, -0.05) is 23.2 Å². The Bertz CT molecular complexity index is 556. The molecule has 0 aliphatic carbocycles. The van der Waals surface area contributed by atoms with E-state index in [-0.39, 0.29) is 11.5 Å². The van der Waals surface area contributed by atoms with Crippen LogP contribution < -0.4 is 5.32 Å². The second-order valence-corrected chi connectivity index (χ2v) is 4.35. The predicted molar refractivity (Wildman–Crippen MR) is 72.3 cm³/mol. The molecular formula is C13H9Cl2NO2. The zero-order valence-corrected chi connectivity index (χ0v) is 10.7. The molecule has 0 spiro atoms. The molecule has 18 heavy (non-hydrogen) atoms. The molecule has 0 fully saturated rings. The zero-order chi connectivity index (χ0) is 13.0. The summed E-state index contributed by atoms with van der Waals surface area (Å²) in [6, 6.07) is 8.30. The third-order valence-corrected chi connectivity index (χ3v) is 2.55. The van der Waals surface area contributed by atoms with Gasteiger partial charge in [-0.3, -0.25) is 4.79 Å². The largest absolute Gasteiger partial charge is 0.461 e. The fourth-order valence-corrected chi connectivity index (χ4v) is 1.88. The molecule has 1 N–H and O–H groups in total. The lowest BCUT2D eigenvalue weighted by molar-refractivity contribution is 0.102. The number of benzene rings is 1. The number of hydrogen-bond acceptors (Lipinski definition) is 3. The Morgan fingerprint density at radius 3 is 2.56 bits per heavy atom. The van der Waals surface area contributed by atoms with Crippen molar-refractivity contribution in [2.24, 2.45) is 0 Å². The number of allylic oxidation sites excluding steroid dienone is 1. The summed E-state index contributed by atoms with van der Waals surface area (Å²) in [7, 11) is 0. The molecule has 5 heteroatoms. The highest BCUT2D eigenvalue weighted by atomic mass is 35.5. The molecule has 0 saturated carbocycles. The Balaban J connectivity index is 2.01. The summed E-state index contributed by atoms with van der Waals surface area (Å²) in [5.41, 5.74) is 0.705. The van der Waals surface area contributed by atoms with Crippen LogP contribution in [0.2, 0.25) is 10.0 Å². The molecule has 1 aromatic carbocycles. The molecule has 92 valence electrons. The minimum Gasteiger partial charge on any atom is -0.461 e. The second-order valence-electron chi connectivity index (χ2n) is 3.48. The lowest BCUT2D eigenvalue weighted by Gasteiger charge is -2.01. The molecule has 3 nitrogen and oxygen atoms in total. The van der Waals surface area contributed by atoms with Gasteiger partial charge in [-0.15, -0.1) is 0 Å². The Morgan fingerprint density at radius 2 is 1.94 bits per heavy atom. The van der Waals surface area contributed by atoms with Crippen LogP contribution in [0.25, 0.3) is 0 Å². The van der Waals surface area contributed by atoms with Crippen LogP contribution in [0.5, 0.6) is 0 Å². The van der Waals surface area contributed by atoms with Crippen LogP contribution in [0.1, 0.15) is 10.6 Å². The van der Waals surface area contributed by atoms with E-state index in [9.17, 15) is 4.79 Å². The Labute approximate surface area is 114 Å². The third-order valence-electron chi connectivity index (χ3n) is 2.11. The fraction of sp³-hybridized carbons (Fsp3) is 0. The maximum absolute atomic E-state index is 11.6. The highest BCUT2D eigenvalue weighted by Crippen LogP contribution is 2.22. The molecule has 2 aromatic rings. The molecular weight excluding hydrogens is 273 g/mol. The maximum atomic E-state index is 11.6. The monoisotopic (exact) mass is 281 g/mol. The van der Waals surface area contributed by atoms with Gasteiger partial charge in [-0.2, -0.15) is 0 Å². The van der Waals surface area contributed by atoms with Crippen molar-refractivity contribution in [1.29, 1.82) is 0 Å². The summed E-state index contributed by atoms with van der Waals surface area (Å²) in [5, 5.41) is 3.95. The lowest BCUT2D eigenvalue weighted by Crippen LogP contribution is -1.94. The van der Waals surface area contributed by atoms with Crippen molar-refractivity contribution in [3.63, 3.8) is 0 Å². The molecule has 0 amide bonds. The van der Waals surface area contributed by atoms with Gasteiger partial charge in [0, 0.05) is 28.0 Å². The van der Waals surface area contributed by atoms with Crippen molar-refractivity contribution < 1.29 is 9.21 Å². The number of halogens is 2. The van der Waals surface area contributed by atoms with Crippen molar-refractivity contribution in [1.82, 2.24) is 0 Å². The van der Waals surface area contributed by atoms with Crippen LogP contribution in [0.3, 0.4) is 0 Å². The van der Waals surface area contributed by atoms with E-state index in [4.69, 9.17) is 27.6 Å². The van der Waals surface area contributed by atoms with E-state index >= 15 is 0 Å². The fourth-order valence-electron chi connectivity index (χ4n) is 1.35. The zero-order valence-electron chi connectivity index (χ0n) is 9.19. The number of furan rings is 1. The predicted octanol–water partition coefficient (Wildman–Crippen LogP) is 4.39. The van der Waals surface area contributed by atoms with Crippen molar-refractivity contribution in [2.75, 3.05) is 5.32 Å². The van der Waals surface area contributed by atoms with E-state index in [1.165, 1.54) is 18.5 Å². The molecule has 0 aliphatic heterocycles. The van der Waals surface area contributed by atoms with Gasteiger partial charge in [-0.25, -0.2) is 0 Å². The van der Waals surface area contributed by atoms with E-state index in [0.29, 0.717) is 15.7 Å². The van der Waals surface area contributed by atoms with Crippen LogP contribution in [0.15, 0.2) is 53.3 Å². The molecule has 0 unspecified atom stereocenters. The average Bonchev–Trinajstić information content (AvgIpc) is 2.80. The maximum Gasteiger partial charge on any atom is 0.222 e. The van der Waals surface area contributed by atoms with Crippen molar-refractivity contribution in [3.05, 3.63) is 64.7 Å². The van der Waals surface area contributed by atoms with Gasteiger partial charge in [0.05, 0.1) is 6.26 Å². The summed E-state index contributed by atoms with van der Waals surface area (Å²) in [6.45, 7) is 0. The number of carbonyl (C=O) groups excluding carboxylic acids is 1. The van der Waals surface area contributed by atoms with Gasteiger partial charge in [-0.05, 0) is 30.3 Å². The molecule has 1 heterocycles. The van der Waals surface area contributed by atoms with E-state index in [0.717, 1.165) is 0 Å². The summed E-state index contributed by atoms with van der Waals surface area (Å²) in [5.74, 6) is 0.0674. The molecule has 0 radical (unpaired) electrons. The Hall–Kier alpha value is -1.71. The van der Waals surface area contributed by atoms with Gasteiger partial charge in [0.2, 0.25) is 5.78 Å². The highest BCUT2D eigenvalue weighted by molar-refractivity contribution is 6.35. The van der Waals surface area contributed by atoms with Crippen LogP contribution in [-0.4, -0.2) is 5.78 Å². The first-order chi connectivity index (χ1) is 8.65. The number of rotatable bonds is 4. The number of nitrogens with one attached hydrogen (secondary N) is 1. The van der Waals surface area contributed by atoms with Crippen molar-refractivity contribution >= 4 is 34.7 Å². The molecule has 0 saturated heterocycles. The van der Waals surface area contributed by atoms with Gasteiger partial charge in [0.1, 0.15) is 0 Å². The van der Waals surface area contributed by atoms with E-state index in [1.807, 2.05) is 0 Å². The quantitative estimate of drug-likeness (QED) is 0.667. The van der Waals surface area contributed by atoms with E-state index < -0.39 is 0 Å². The van der Waals surface area contributed by atoms with Crippen LogP contribution in [0.4, 0.5) is 5.69 Å². The van der Waals surface area contributed by atoms with Crippen molar-refractivity contribution in [3.8, 4) is 0 Å². The second kappa shape index (κ2) is 5.76. The molecule has 1 aromatic heterocycles. The van der Waals surface area contributed by atoms with Crippen LogP contribution in [-0.2, 0) is 0 Å². The van der Waals surface area contributed by atoms with Gasteiger partial charge < -0.3 is 9.73 Å². The normalized spacial score (nSPS) is 10.8. The molecule has 2 rings (SSSR count). The minimum absolute atomic E-state index is 0.222. The summed E-state index contributed by atoms with van der Waals surface area (Å²) in [4.78, 5) is 11.6. The standard InChI is InChI=1S/C13H9Cl2NO2/c14-9-6-10(15)8-11(7-9)16-4-3-12(17)13-2-1-5-18-13/h1-8,16H/b4-3+. The average molecular weight is 282 g/mol.